The van der Waals surface area contributed by atoms with Crippen LogP contribution in [-0.2, 0) is 0 Å². The number of rotatable bonds is 2. The molecule has 0 spiro atoms. The normalized spacial score (nSPS) is 16.2. The number of hydrogen-bond donors (Lipinski definition) is 1. The van der Waals surface area contributed by atoms with E-state index in [0.29, 0.717) is 5.57 Å². The number of halogens is 1. The Labute approximate surface area is 48.8 Å². The lowest BCUT2D eigenvalue weighted by Crippen LogP contribution is -2.06. The van der Waals surface area contributed by atoms with Crippen molar-refractivity contribution in [2.45, 2.75) is 20.0 Å². The zero-order valence-corrected chi connectivity index (χ0v) is 5.19. The molecule has 1 nitrogen and oxygen atoms in total. The van der Waals surface area contributed by atoms with Gasteiger partial charge in [0.1, 0.15) is 6.17 Å². The summed E-state index contributed by atoms with van der Waals surface area (Å²) in [7, 11) is 0. The first kappa shape index (κ1) is 7.63. The molecule has 0 saturated carbocycles. The topological polar surface area (TPSA) is 20.2 Å². The van der Waals surface area contributed by atoms with Gasteiger partial charge < -0.3 is 5.11 Å². The van der Waals surface area contributed by atoms with Gasteiger partial charge >= 0.3 is 0 Å². The second-order valence-corrected chi connectivity index (χ2v) is 1.68. The van der Waals surface area contributed by atoms with E-state index in [-0.39, 0.29) is 0 Å². The Hall–Kier alpha value is -0.370. The van der Waals surface area contributed by atoms with Gasteiger partial charge in [0.2, 0.25) is 0 Å². The van der Waals surface area contributed by atoms with Crippen LogP contribution in [0.4, 0.5) is 4.39 Å². The van der Waals surface area contributed by atoms with Crippen LogP contribution in [0.25, 0.3) is 0 Å². The molecule has 0 aliphatic heterocycles. The molecule has 0 bridgehead atoms. The van der Waals surface area contributed by atoms with Crippen molar-refractivity contribution in [1.82, 2.24) is 0 Å². The number of alkyl halides is 1. The first-order valence-electron chi connectivity index (χ1n) is 2.60. The average Bonchev–Trinajstić information content (AvgIpc) is 1.84. The van der Waals surface area contributed by atoms with Gasteiger partial charge in [-0.15, -0.1) is 0 Å². The Morgan fingerprint density at radius 3 is 2.50 bits per heavy atom. The number of allylic oxidation sites excluding steroid dienone is 1. The number of aliphatic hydroxyl groups excluding tert-OH is 1. The zero-order valence-electron chi connectivity index (χ0n) is 5.19. The molecule has 0 radical (unpaired) electrons. The predicted molar refractivity (Wildman–Crippen MR) is 31.4 cm³/mol. The molecular formula is C6H11FO. The van der Waals surface area contributed by atoms with E-state index in [0.717, 1.165) is 0 Å². The van der Waals surface area contributed by atoms with Crippen LogP contribution in [0.5, 0.6) is 0 Å². The second kappa shape index (κ2) is 3.61. The molecule has 0 fully saturated rings. The first-order valence-corrected chi connectivity index (χ1v) is 2.60. The van der Waals surface area contributed by atoms with Gasteiger partial charge in [0.05, 0.1) is 6.61 Å². The summed E-state index contributed by atoms with van der Waals surface area (Å²) in [5.74, 6) is 0. The maximum absolute atomic E-state index is 12.2. The van der Waals surface area contributed by atoms with Crippen molar-refractivity contribution in [3.8, 4) is 0 Å². The van der Waals surface area contributed by atoms with Crippen molar-refractivity contribution in [2.75, 3.05) is 6.61 Å². The molecule has 0 saturated heterocycles. The van der Waals surface area contributed by atoms with Gasteiger partial charge in [0.25, 0.3) is 0 Å². The Morgan fingerprint density at radius 2 is 2.38 bits per heavy atom. The smallest absolute Gasteiger partial charge is 0.144 e. The van der Waals surface area contributed by atoms with Crippen molar-refractivity contribution >= 4 is 0 Å². The van der Waals surface area contributed by atoms with E-state index in [4.69, 9.17) is 5.11 Å². The summed E-state index contributed by atoms with van der Waals surface area (Å²) in [4.78, 5) is 0. The minimum Gasteiger partial charge on any atom is -0.393 e. The van der Waals surface area contributed by atoms with Crippen LogP contribution in [0.1, 0.15) is 13.8 Å². The van der Waals surface area contributed by atoms with Gasteiger partial charge in [-0.3, -0.25) is 0 Å². The van der Waals surface area contributed by atoms with Crippen molar-refractivity contribution in [3.05, 3.63) is 11.6 Å². The lowest BCUT2D eigenvalue weighted by atomic mass is 10.2. The largest absolute Gasteiger partial charge is 0.393 e. The minimum atomic E-state index is -1.17. The summed E-state index contributed by atoms with van der Waals surface area (Å²) in [5, 5.41) is 8.22. The van der Waals surface area contributed by atoms with E-state index < -0.39 is 12.8 Å². The van der Waals surface area contributed by atoms with Gasteiger partial charge in [-0.25, -0.2) is 4.39 Å². The fraction of sp³-hybridized carbons (Fsp3) is 0.667. The highest BCUT2D eigenvalue weighted by atomic mass is 19.1. The monoisotopic (exact) mass is 118 g/mol. The Morgan fingerprint density at radius 1 is 1.88 bits per heavy atom. The van der Waals surface area contributed by atoms with Gasteiger partial charge in [-0.05, 0) is 19.4 Å². The first-order chi connectivity index (χ1) is 3.72. The van der Waals surface area contributed by atoms with Crippen LogP contribution >= 0.6 is 0 Å². The van der Waals surface area contributed by atoms with E-state index >= 15 is 0 Å². The molecule has 1 atom stereocenters. The highest BCUT2D eigenvalue weighted by molar-refractivity contribution is 5.02. The predicted octanol–water partition coefficient (Wildman–Crippen LogP) is 1.28. The summed E-state index contributed by atoms with van der Waals surface area (Å²) < 4.78 is 12.2. The molecule has 0 amide bonds. The van der Waals surface area contributed by atoms with Crippen molar-refractivity contribution in [1.29, 1.82) is 0 Å². The van der Waals surface area contributed by atoms with Crippen molar-refractivity contribution < 1.29 is 9.50 Å². The fourth-order valence-corrected chi connectivity index (χ4v) is 0.325. The van der Waals surface area contributed by atoms with Gasteiger partial charge in [0, 0.05) is 0 Å². The van der Waals surface area contributed by atoms with E-state index in [1.54, 1.807) is 19.9 Å². The minimum absolute atomic E-state index is 0.407. The highest BCUT2D eigenvalue weighted by Gasteiger charge is 2.03. The second-order valence-electron chi connectivity index (χ2n) is 1.68. The van der Waals surface area contributed by atoms with E-state index in [1.165, 1.54) is 0 Å². The molecular weight excluding hydrogens is 107 g/mol. The molecule has 0 aromatic carbocycles. The van der Waals surface area contributed by atoms with Crippen LogP contribution in [-0.4, -0.2) is 17.9 Å². The molecule has 1 N–H and O–H groups in total. The van der Waals surface area contributed by atoms with E-state index in [2.05, 4.69) is 0 Å². The standard InChI is InChI=1S/C6H11FO/c1-3-5(2)6(7)4-8/h3,6,8H,4H2,1-2H3/b5-3-. The molecule has 2 heteroatoms. The summed E-state index contributed by atoms with van der Waals surface area (Å²) >= 11 is 0. The molecule has 1 unspecified atom stereocenters. The van der Waals surface area contributed by atoms with E-state index in [1.807, 2.05) is 0 Å². The molecule has 0 aliphatic rings. The van der Waals surface area contributed by atoms with Crippen LogP contribution < -0.4 is 0 Å². The zero-order chi connectivity index (χ0) is 6.57. The average molecular weight is 118 g/mol. The third-order valence-corrected chi connectivity index (χ3v) is 1.11. The maximum Gasteiger partial charge on any atom is 0.144 e. The van der Waals surface area contributed by atoms with Crippen molar-refractivity contribution in [3.63, 3.8) is 0 Å². The molecule has 8 heavy (non-hydrogen) atoms. The highest BCUT2D eigenvalue weighted by Crippen LogP contribution is 2.02. The Kier molecular flexibility index (Phi) is 3.44. The van der Waals surface area contributed by atoms with Crippen LogP contribution in [0.3, 0.4) is 0 Å². The van der Waals surface area contributed by atoms with Crippen LogP contribution in [0.2, 0.25) is 0 Å². The van der Waals surface area contributed by atoms with Crippen LogP contribution in [0, 0.1) is 0 Å². The van der Waals surface area contributed by atoms with Crippen molar-refractivity contribution in [2.24, 2.45) is 0 Å². The van der Waals surface area contributed by atoms with Crippen LogP contribution in [0.15, 0.2) is 11.6 Å². The van der Waals surface area contributed by atoms with Gasteiger partial charge in [0.15, 0.2) is 0 Å². The maximum atomic E-state index is 12.2. The molecule has 48 valence electrons. The third kappa shape index (κ3) is 2.07. The SMILES string of the molecule is C/C=C(/C)C(F)CO. The Bertz CT molecular complexity index is 88.5. The summed E-state index contributed by atoms with van der Waals surface area (Å²) in [6.45, 7) is 2.99. The molecule has 0 aromatic heterocycles. The summed E-state index contributed by atoms with van der Waals surface area (Å²) in [6, 6.07) is 0. The molecule has 0 aliphatic carbocycles. The lowest BCUT2D eigenvalue weighted by Gasteiger charge is -2.01. The summed E-state index contributed by atoms with van der Waals surface area (Å²) in [6.07, 6.45) is 0.487. The molecule has 0 heterocycles. The van der Waals surface area contributed by atoms with E-state index in [9.17, 15) is 4.39 Å². The lowest BCUT2D eigenvalue weighted by molar-refractivity contribution is 0.202. The molecule has 0 aromatic rings. The number of aliphatic hydroxyl groups is 1. The fourth-order valence-electron chi connectivity index (χ4n) is 0.325. The Balaban J connectivity index is 3.63. The third-order valence-electron chi connectivity index (χ3n) is 1.11. The van der Waals surface area contributed by atoms with Gasteiger partial charge in [-0.2, -0.15) is 0 Å². The summed E-state index contributed by atoms with van der Waals surface area (Å²) in [5.41, 5.74) is 0.590. The molecule has 0 rings (SSSR count). The quantitative estimate of drug-likeness (QED) is 0.541. The van der Waals surface area contributed by atoms with Gasteiger partial charge in [-0.1, -0.05) is 6.08 Å². The number of hydrogen-bond acceptors (Lipinski definition) is 1.